The fourth-order valence-electron chi connectivity index (χ4n) is 4.01. The Kier molecular flexibility index (Phi) is 13.0. The van der Waals surface area contributed by atoms with Gasteiger partial charge >= 0.3 is 11.9 Å². The first-order chi connectivity index (χ1) is 19.1. The third-order valence-corrected chi connectivity index (χ3v) is 6.10. The molecule has 12 nitrogen and oxygen atoms in total. The molecule has 4 N–H and O–H groups in total. The molecule has 0 spiro atoms. The van der Waals surface area contributed by atoms with Gasteiger partial charge in [0.1, 0.15) is 11.6 Å². The zero-order chi connectivity index (χ0) is 29.7. The third-order valence-electron chi connectivity index (χ3n) is 6.10. The fourth-order valence-corrected chi connectivity index (χ4v) is 4.01. The molecule has 0 radical (unpaired) electrons. The van der Waals surface area contributed by atoms with Crippen molar-refractivity contribution in [2.45, 2.75) is 40.0 Å². The number of carboxylic acids is 2. The molecule has 0 saturated carbocycles. The molecule has 1 fully saturated rings. The normalized spacial score (nSPS) is 13.9. The molecule has 1 aliphatic heterocycles. The molecule has 12 heteroatoms. The summed E-state index contributed by atoms with van der Waals surface area (Å²) in [5, 5.41) is 18.6. The molecule has 0 atom stereocenters. The molecule has 2 heterocycles. The summed E-state index contributed by atoms with van der Waals surface area (Å²) in [5.41, 5.74) is 2.70. The number of carbonyl (C=O) groups excluding carboxylic acids is 1. The van der Waals surface area contributed by atoms with E-state index >= 15 is 0 Å². The Balaban J connectivity index is 0.000000611. The van der Waals surface area contributed by atoms with Crippen molar-refractivity contribution >= 4 is 23.5 Å². The zero-order valence-corrected chi connectivity index (χ0v) is 23.5. The van der Waals surface area contributed by atoms with Crippen molar-refractivity contribution in [2.75, 3.05) is 51.7 Å². The van der Waals surface area contributed by atoms with Gasteiger partial charge in [-0.1, -0.05) is 20.8 Å². The van der Waals surface area contributed by atoms with Gasteiger partial charge in [0.2, 0.25) is 5.91 Å². The monoisotopic (exact) mass is 557 g/mol. The number of aryl methyl sites for hydroxylation is 1. The van der Waals surface area contributed by atoms with E-state index in [0.29, 0.717) is 66.5 Å². The Hall–Kier alpha value is -4.03. The molecule has 1 amide bonds. The van der Waals surface area contributed by atoms with Crippen LogP contribution in [0.4, 0.5) is 5.69 Å². The largest absolute Gasteiger partial charge is 0.493 e. The predicted molar refractivity (Wildman–Crippen MR) is 152 cm³/mol. The molecule has 0 unspecified atom stereocenters. The Labute approximate surface area is 233 Å². The summed E-state index contributed by atoms with van der Waals surface area (Å²) in [7, 11) is 2.09. The lowest BCUT2D eigenvalue weighted by atomic mass is 10.1. The van der Waals surface area contributed by atoms with Crippen molar-refractivity contribution in [3.05, 3.63) is 52.0 Å². The van der Waals surface area contributed by atoms with Crippen molar-refractivity contribution in [1.82, 2.24) is 19.8 Å². The van der Waals surface area contributed by atoms with Crippen molar-refractivity contribution in [1.29, 1.82) is 0 Å². The van der Waals surface area contributed by atoms with Gasteiger partial charge < -0.3 is 30.2 Å². The van der Waals surface area contributed by atoms with E-state index in [1.807, 2.05) is 39.0 Å². The van der Waals surface area contributed by atoms with Gasteiger partial charge in [0, 0.05) is 49.6 Å². The molecule has 1 aromatic heterocycles. The summed E-state index contributed by atoms with van der Waals surface area (Å²) in [5.74, 6) is -1.47. The maximum atomic E-state index is 12.6. The van der Waals surface area contributed by atoms with E-state index in [0.717, 1.165) is 38.3 Å². The van der Waals surface area contributed by atoms with Crippen molar-refractivity contribution in [3.8, 4) is 17.1 Å². The van der Waals surface area contributed by atoms with Crippen LogP contribution < -0.4 is 15.6 Å². The quantitative estimate of drug-likeness (QED) is 0.301. The van der Waals surface area contributed by atoms with Gasteiger partial charge in [-0.3, -0.25) is 14.5 Å². The number of aromatic amines is 1. The minimum atomic E-state index is -1.26. The van der Waals surface area contributed by atoms with Crippen LogP contribution in [0, 0.1) is 0 Å². The molecule has 1 saturated heterocycles. The number of amides is 1. The second kappa shape index (κ2) is 16.2. The first kappa shape index (κ1) is 32.2. The number of piperazine rings is 1. The van der Waals surface area contributed by atoms with Crippen molar-refractivity contribution in [2.24, 2.45) is 0 Å². The second-order valence-corrected chi connectivity index (χ2v) is 9.24. The summed E-state index contributed by atoms with van der Waals surface area (Å²) in [6, 6.07) is 5.49. The molecule has 1 aromatic carbocycles. The first-order valence-electron chi connectivity index (χ1n) is 13.3. The molecular formula is C28H39N5O7. The van der Waals surface area contributed by atoms with E-state index in [2.05, 4.69) is 27.1 Å². The lowest BCUT2D eigenvalue weighted by molar-refractivity contribution is -0.134. The topological polar surface area (TPSA) is 165 Å². The number of carbonyl (C=O) groups is 3. The van der Waals surface area contributed by atoms with Gasteiger partial charge in [0.15, 0.2) is 0 Å². The summed E-state index contributed by atoms with van der Waals surface area (Å²) in [4.78, 5) is 56.4. The summed E-state index contributed by atoms with van der Waals surface area (Å²) < 4.78 is 5.91. The number of nitrogens with one attached hydrogen (secondary N) is 2. The van der Waals surface area contributed by atoms with Crippen LogP contribution in [-0.4, -0.2) is 94.2 Å². The Morgan fingerprint density at radius 1 is 1.05 bits per heavy atom. The molecular weight excluding hydrogens is 518 g/mol. The molecule has 0 aliphatic carbocycles. The van der Waals surface area contributed by atoms with Gasteiger partial charge in [0.25, 0.3) is 5.56 Å². The van der Waals surface area contributed by atoms with Gasteiger partial charge in [0.05, 0.1) is 24.4 Å². The maximum Gasteiger partial charge on any atom is 0.328 e. The number of carboxylic acid groups (broad SMARTS) is 2. The molecule has 1 aliphatic rings. The van der Waals surface area contributed by atoms with E-state index in [-0.39, 0.29) is 11.5 Å². The van der Waals surface area contributed by atoms with E-state index < -0.39 is 11.9 Å². The highest BCUT2D eigenvalue weighted by molar-refractivity contribution is 5.93. The molecule has 218 valence electrons. The zero-order valence-electron chi connectivity index (χ0n) is 23.5. The number of aliphatic carboxylic acids is 2. The van der Waals surface area contributed by atoms with Gasteiger partial charge in [-0.15, -0.1) is 0 Å². The van der Waals surface area contributed by atoms with E-state index in [4.69, 9.17) is 19.9 Å². The van der Waals surface area contributed by atoms with Crippen LogP contribution in [0.5, 0.6) is 5.75 Å². The Morgan fingerprint density at radius 2 is 1.70 bits per heavy atom. The molecule has 0 bridgehead atoms. The number of benzene rings is 1. The van der Waals surface area contributed by atoms with Crippen molar-refractivity contribution < 1.29 is 29.3 Å². The van der Waals surface area contributed by atoms with Crippen LogP contribution in [0.2, 0.25) is 0 Å². The molecule has 3 rings (SSSR count). The lowest BCUT2D eigenvalue weighted by Crippen LogP contribution is -2.47. The van der Waals surface area contributed by atoms with Crippen LogP contribution >= 0.6 is 0 Å². The van der Waals surface area contributed by atoms with Gasteiger partial charge in [-0.05, 0) is 44.5 Å². The van der Waals surface area contributed by atoms with E-state index in [9.17, 15) is 19.2 Å². The number of hydrogen-bond donors (Lipinski definition) is 4. The standard InChI is InChI=1S/C24H35N5O3.C4H4O4/c1-5-14-32-21-9-8-17(25-22(30)16-29-12-10-28(4)11-13-29)15-19(21)23-26-20(7-3)18(6-2)24(31)27-23;5-3(6)1-2-4(7)8/h8-9,15H,5-7,10-14,16H2,1-4H3,(H,25,30)(H,26,27,31);1-2H,(H,5,6)(H,7,8)/b;2-1-. The first-order valence-corrected chi connectivity index (χ1v) is 13.3. The Morgan fingerprint density at radius 3 is 2.25 bits per heavy atom. The number of ether oxygens (including phenoxy) is 1. The molecule has 2 aromatic rings. The highest BCUT2D eigenvalue weighted by Crippen LogP contribution is 2.31. The molecule has 40 heavy (non-hydrogen) atoms. The van der Waals surface area contributed by atoms with Crippen LogP contribution in [-0.2, 0) is 27.2 Å². The maximum absolute atomic E-state index is 12.6. The SMILES string of the molecule is CCCOc1ccc(NC(=O)CN2CCN(C)CC2)cc1-c1nc(CC)c(CC)c(=O)[nH]1.O=C(O)/C=C\C(=O)O. The smallest absolute Gasteiger partial charge is 0.328 e. The van der Waals surface area contributed by atoms with Crippen molar-refractivity contribution in [3.63, 3.8) is 0 Å². The van der Waals surface area contributed by atoms with E-state index in [1.165, 1.54) is 0 Å². The minimum Gasteiger partial charge on any atom is -0.493 e. The number of rotatable bonds is 11. The highest BCUT2D eigenvalue weighted by Gasteiger charge is 2.18. The van der Waals surface area contributed by atoms with Crippen LogP contribution in [0.25, 0.3) is 11.4 Å². The highest BCUT2D eigenvalue weighted by atomic mass is 16.5. The number of aromatic nitrogens is 2. The average Bonchev–Trinajstić information content (AvgIpc) is 2.92. The number of H-pyrrole nitrogens is 1. The number of anilines is 1. The van der Waals surface area contributed by atoms with Gasteiger partial charge in [-0.25, -0.2) is 14.6 Å². The van der Waals surface area contributed by atoms with Crippen LogP contribution in [0.3, 0.4) is 0 Å². The Bertz CT molecular complexity index is 1230. The number of nitrogens with zero attached hydrogens (tertiary/aromatic N) is 3. The second-order valence-electron chi connectivity index (χ2n) is 9.24. The van der Waals surface area contributed by atoms with Gasteiger partial charge in [-0.2, -0.15) is 0 Å². The minimum absolute atomic E-state index is 0.0558. The lowest BCUT2D eigenvalue weighted by Gasteiger charge is -2.31. The van der Waals surface area contributed by atoms with Crippen LogP contribution in [0.1, 0.15) is 38.4 Å². The van der Waals surface area contributed by atoms with E-state index in [1.54, 1.807) is 0 Å². The summed E-state index contributed by atoms with van der Waals surface area (Å²) >= 11 is 0. The number of hydrogen-bond acceptors (Lipinski definition) is 8. The third kappa shape index (κ3) is 10.3. The predicted octanol–water partition coefficient (Wildman–Crippen LogP) is 2.25. The van der Waals surface area contributed by atoms with Crippen LogP contribution in [0.15, 0.2) is 35.1 Å². The summed E-state index contributed by atoms with van der Waals surface area (Å²) in [6.07, 6.45) is 3.28. The average molecular weight is 558 g/mol. The fraction of sp³-hybridized carbons (Fsp3) is 0.464. The summed E-state index contributed by atoms with van der Waals surface area (Å²) in [6.45, 7) is 10.6. The number of likely N-dealkylation sites (N-methyl/N-ethyl adjacent to an activating group) is 1.